The van der Waals surface area contributed by atoms with E-state index in [1.165, 1.54) is 6.07 Å². The minimum Gasteiger partial charge on any atom is -0.381 e. The number of aryl methyl sites for hydroxylation is 1. The summed E-state index contributed by atoms with van der Waals surface area (Å²) in [5, 5.41) is 0. The molecule has 1 aliphatic heterocycles. The van der Waals surface area contributed by atoms with Crippen molar-refractivity contribution in [2.75, 3.05) is 33.4 Å². The van der Waals surface area contributed by atoms with Crippen molar-refractivity contribution >= 4 is 0 Å². The molecule has 0 bridgehead atoms. The average molecular weight is 280 g/mol. The zero-order valence-electron chi connectivity index (χ0n) is 12.4. The van der Waals surface area contributed by atoms with Crippen molar-refractivity contribution in [2.45, 2.75) is 25.8 Å². The highest BCUT2D eigenvalue weighted by Crippen LogP contribution is 2.25. The van der Waals surface area contributed by atoms with E-state index in [-0.39, 0.29) is 11.9 Å². The van der Waals surface area contributed by atoms with Crippen molar-refractivity contribution in [3.8, 4) is 0 Å². The quantitative estimate of drug-likeness (QED) is 0.900. The third-order valence-electron chi connectivity index (χ3n) is 4.15. The summed E-state index contributed by atoms with van der Waals surface area (Å²) < 4.78 is 19.4. The second kappa shape index (κ2) is 7.16. The zero-order chi connectivity index (χ0) is 14.5. The maximum atomic E-state index is 14.0. The number of benzene rings is 1. The predicted octanol–water partition coefficient (Wildman–Crippen LogP) is 2.49. The molecule has 1 atom stereocenters. The Morgan fingerprint density at radius 2 is 2.10 bits per heavy atom. The van der Waals surface area contributed by atoms with Gasteiger partial charge in [0.2, 0.25) is 0 Å². The molecule has 2 rings (SSSR count). The van der Waals surface area contributed by atoms with Gasteiger partial charge in [-0.1, -0.05) is 17.7 Å². The number of ether oxygens (including phenoxy) is 1. The molecule has 0 saturated carbocycles. The molecule has 3 nitrogen and oxygen atoms in total. The monoisotopic (exact) mass is 280 g/mol. The Balaban J connectivity index is 2.07. The molecule has 0 aromatic heterocycles. The van der Waals surface area contributed by atoms with Crippen LogP contribution in [0.15, 0.2) is 18.2 Å². The molecule has 0 radical (unpaired) electrons. The first-order valence-corrected chi connectivity index (χ1v) is 7.36. The van der Waals surface area contributed by atoms with Crippen LogP contribution in [-0.2, 0) is 4.74 Å². The predicted molar refractivity (Wildman–Crippen MR) is 79.1 cm³/mol. The van der Waals surface area contributed by atoms with Crippen LogP contribution in [0.3, 0.4) is 0 Å². The lowest BCUT2D eigenvalue weighted by Crippen LogP contribution is -2.36. The summed E-state index contributed by atoms with van der Waals surface area (Å²) >= 11 is 0. The van der Waals surface area contributed by atoms with Gasteiger partial charge in [0.1, 0.15) is 5.82 Å². The van der Waals surface area contributed by atoms with Gasteiger partial charge >= 0.3 is 0 Å². The second-order valence-corrected chi connectivity index (χ2v) is 5.77. The average Bonchev–Trinajstić information content (AvgIpc) is 2.44. The molecule has 1 saturated heterocycles. The Morgan fingerprint density at radius 3 is 2.75 bits per heavy atom. The van der Waals surface area contributed by atoms with Gasteiger partial charge in [0.25, 0.3) is 0 Å². The highest BCUT2D eigenvalue weighted by Gasteiger charge is 2.23. The number of likely N-dealkylation sites (N-methyl/N-ethyl adjacent to an activating group) is 1. The molecule has 0 amide bonds. The van der Waals surface area contributed by atoms with Gasteiger partial charge in [-0.2, -0.15) is 0 Å². The van der Waals surface area contributed by atoms with E-state index < -0.39 is 0 Å². The van der Waals surface area contributed by atoms with E-state index in [0.29, 0.717) is 18.0 Å². The van der Waals surface area contributed by atoms with Crippen molar-refractivity contribution in [3.05, 3.63) is 35.1 Å². The lowest BCUT2D eigenvalue weighted by atomic mass is 9.97. The molecule has 0 spiro atoms. The van der Waals surface area contributed by atoms with Crippen molar-refractivity contribution < 1.29 is 9.13 Å². The van der Waals surface area contributed by atoms with E-state index in [1.54, 1.807) is 6.07 Å². The summed E-state index contributed by atoms with van der Waals surface area (Å²) in [4.78, 5) is 2.19. The van der Waals surface area contributed by atoms with Gasteiger partial charge < -0.3 is 10.5 Å². The van der Waals surface area contributed by atoms with E-state index in [9.17, 15) is 4.39 Å². The highest BCUT2D eigenvalue weighted by molar-refractivity contribution is 5.27. The number of hydrogen-bond acceptors (Lipinski definition) is 3. The maximum Gasteiger partial charge on any atom is 0.128 e. The molecular weight excluding hydrogens is 255 g/mol. The molecule has 20 heavy (non-hydrogen) atoms. The van der Waals surface area contributed by atoms with E-state index in [2.05, 4.69) is 4.90 Å². The highest BCUT2D eigenvalue weighted by atomic mass is 19.1. The normalized spacial score (nSPS) is 18.4. The van der Waals surface area contributed by atoms with Gasteiger partial charge in [0.15, 0.2) is 0 Å². The fourth-order valence-electron chi connectivity index (χ4n) is 2.93. The van der Waals surface area contributed by atoms with Gasteiger partial charge in [0, 0.05) is 37.9 Å². The van der Waals surface area contributed by atoms with Gasteiger partial charge in [0.05, 0.1) is 0 Å². The molecule has 1 aromatic carbocycles. The Hall–Kier alpha value is -0.970. The minimum absolute atomic E-state index is 0.0576. The third-order valence-corrected chi connectivity index (χ3v) is 4.15. The zero-order valence-corrected chi connectivity index (χ0v) is 12.4. The standard InChI is InChI=1S/C16H25FN2O/c1-12-3-4-15(17)14(9-12)16(10-18)19(2)11-13-5-7-20-8-6-13/h3-4,9,13,16H,5-8,10-11,18H2,1-2H3. The Kier molecular flexibility index (Phi) is 5.52. The Bertz CT molecular complexity index is 432. The van der Waals surface area contributed by atoms with Crippen molar-refractivity contribution in [3.63, 3.8) is 0 Å². The van der Waals surface area contributed by atoms with Crippen LogP contribution in [0.2, 0.25) is 0 Å². The number of hydrogen-bond donors (Lipinski definition) is 1. The lowest BCUT2D eigenvalue weighted by Gasteiger charge is -2.32. The smallest absolute Gasteiger partial charge is 0.128 e. The number of nitrogens with two attached hydrogens (primary N) is 1. The lowest BCUT2D eigenvalue weighted by molar-refractivity contribution is 0.0505. The molecule has 2 N–H and O–H groups in total. The topological polar surface area (TPSA) is 38.5 Å². The van der Waals surface area contributed by atoms with Crippen molar-refractivity contribution in [1.82, 2.24) is 4.90 Å². The fourth-order valence-corrected chi connectivity index (χ4v) is 2.93. The van der Waals surface area contributed by atoms with Crippen LogP contribution >= 0.6 is 0 Å². The van der Waals surface area contributed by atoms with Gasteiger partial charge in [-0.15, -0.1) is 0 Å². The summed E-state index contributed by atoms with van der Waals surface area (Å²) in [6.07, 6.45) is 2.16. The van der Waals surface area contributed by atoms with Crippen molar-refractivity contribution in [1.29, 1.82) is 0 Å². The van der Waals surface area contributed by atoms with Crippen LogP contribution in [0.25, 0.3) is 0 Å². The van der Waals surface area contributed by atoms with Crippen LogP contribution < -0.4 is 5.73 Å². The first-order valence-electron chi connectivity index (χ1n) is 7.36. The maximum absolute atomic E-state index is 14.0. The SMILES string of the molecule is Cc1ccc(F)c(C(CN)N(C)CC2CCOCC2)c1. The first-order chi connectivity index (χ1) is 9.61. The molecule has 1 fully saturated rings. The van der Waals surface area contributed by atoms with Gasteiger partial charge in [-0.25, -0.2) is 4.39 Å². The first kappa shape index (κ1) is 15.4. The van der Waals surface area contributed by atoms with E-state index in [4.69, 9.17) is 10.5 Å². The summed E-state index contributed by atoms with van der Waals surface area (Å²) in [6, 6.07) is 5.19. The third kappa shape index (κ3) is 3.78. The minimum atomic E-state index is -0.162. The van der Waals surface area contributed by atoms with Crippen molar-refractivity contribution in [2.24, 2.45) is 11.7 Å². The van der Waals surface area contributed by atoms with Crippen LogP contribution in [0.4, 0.5) is 4.39 Å². The van der Waals surface area contributed by atoms with E-state index in [0.717, 1.165) is 38.2 Å². The number of halogens is 1. The molecule has 0 aliphatic carbocycles. The van der Waals surface area contributed by atoms with Gasteiger partial charge in [-0.3, -0.25) is 4.90 Å². The Morgan fingerprint density at radius 1 is 1.40 bits per heavy atom. The van der Waals surface area contributed by atoms with Crippen LogP contribution in [0, 0.1) is 18.7 Å². The Labute approximate surface area is 120 Å². The molecule has 1 unspecified atom stereocenters. The summed E-state index contributed by atoms with van der Waals surface area (Å²) in [5.41, 5.74) is 7.68. The molecule has 1 aromatic rings. The fraction of sp³-hybridized carbons (Fsp3) is 0.625. The van der Waals surface area contributed by atoms with E-state index >= 15 is 0 Å². The second-order valence-electron chi connectivity index (χ2n) is 5.77. The number of rotatable bonds is 5. The van der Waals surface area contributed by atoms with E-state index in [1.807, 2.05) is 20.0 Å². The molecular formula is C16H25FN2O. The molecule has 1 aliphatic rings. The molecule has 112 valence electrons. The van der Waals surface area contributed by atoms with Crippen LogP contribution in [0.1, 0.15) is 30.0 Å². The van der Waals surface area contributed by atoms with Crippen LogP contribution in [-0.4, -0.2) is 38.3 Å². The van der Waals surface area contributed by atoms with Crippen LogP contribution in [0.5, 0.6) is 0 Å². The van der Waals surface area contributed by atoms with Gasteiger partial charge in [-0.05, 0) is 38.8 Å². The summed E-state index contributed by atoms with van der Waals surface area (Å²) in [6.45, 7) is 5.03. The molecule has 4 heteroatoms. The molecule has 1 heterocycles. The summed E-state index contributed by atoms with van der Waals surface area (Å²) in [7, 11) is 2.04. The number of nitrogens with zero attached hydrogens (tertiary/aromatic N) is 1. The largest absolute Gasteiger partial charge is 0.381 e. The summed E-state index contributed by atoms with van der Waals surface area (Å²) in [5.74, 6) is 0.459.